The standard InChI is InChI=1S/C28H26FN5O2/c1-19-12-23(8-10-27(19)35-16-21-4-2-5-22(29)13-21)34-28-25-14-20(7-9-26(25)31-18-32-28)15-33-36-17-24-6-3-11-30-24/h2,4-5,7-15,18,24H,3,6,16-17H2,1H3,(H,31,32,34)/b33-15+. The summed E-state index contributed by atoms with van der Waals surface area (Å²) < 4.78 is 19.3. The van der Waals surface area contributed by atoms with Crippen molar-refractivity contribution in [3.63, 3.8) is 0 Å². The molecule has 1 aliphatic heterocycles. The highest BCUT2D eigenvalue weighted by molar-refractivity contribution is 5.95. The third kappa shape index (κ3) is 5.83. The van der Waals surface area contributed by atoms with E-state index in [0.717, 1.165) is 51.9 Å². The number of oxime groups is 1. The summed E-state index contributed by atoms with van der Waals surface area (Å²) >= 11 is 0. The van der Waals surface area contributed by atoms with Gasteiger partial charge in [0.15, 0.2) is 0 Å². The Hall–Kier alpha value is -4.33. The Balaban J connectivity index is 1.27. The minimum absolute atomic E-state index is 0.199. The van der Waals surface area contributed by atoms with E-state index in [2.05, 4.69) is 25.4 Å². The van der Waals surface area contributed by atoms with Gasteiger partial charge in [0.05, 0.1) is 17.8 Å². The van der Waals surface area contributed by atoms with E-state index < -0.39 is 0 Å². The second-order valence-corrected chi connectivity index (χ2v) is 8.62. The van der Waals surface area contributed by atoms with Crippen LogP contribution in [0.1, 0.15) is 29.5 Å². The summed E-state index contributed by atoms with van der Waals surface area (Å²) in [7, 11) is 0. The lowest BCUT2D eigenvalue weighted by Gasteiger charge is -2.13. The van der Waals surface area contributed by atoms with Gasteiger partial charge < -0.3 is 14.9 Å². The van der Waals surface area contributed by atoms with Crippen LogP contribution < -0.4 is 10.1 Å². The fraction of sp³-hybridized carbons (Fsp3) is 0.214. The van der Waals surface area contributed by atoms with E-state index in [1.54, 1.807) is 12.3 Å². The van der Waals surface area contributed by atoms with Crippen molar-refractivity contribution in [2.24, 2.45) is 10.1 Å². The summed E-state index contributed by atoms with van der Waals surface area (Å²) in [5.74, 6) is 1.15. The first-order valence-electron chi connectivity index (χ1n) is 11.8. The zero-order valence-corrected chi connectivity index (χ0v) is 19.9. The Labute approximate surface area is 208 Å². The van der Waals surface area contributed by atoms with Crippen LogP contribution in [0.3, 0.4) is 0 Å². The molecule has 0 fully saturated rings. The number of ether oxygens (including phenoxy) is 1. The molecule has 1 atom stereocenters. The van der Waals surface area contributed by atoms with Crippen LogP contribution >= 0.6 is 0 Å². The topological polar surface area (TPSA) is 81.0 Å². The Morgan fingerprint density at radius 1 is 1.11 bits per heavy atom. The van der Waals surface area contributed by atoms with E-state index in [1.165, 1.54) is 18.5 Å². The SMILES string of the molecule is Cc1cc(Nc2ncnc3ccc(/C=N/OCC4CCC=N4)cc23)ccc1OCc1cccc(F)c1. The lowest BCUT2D eigenvalue weighted by Crippen LogP contribution is -2.07. The molecule has 36 heavy (non-hydrogen) atoms. The molecule has 1 N–H and O–H groups in total. The number of hydrogen-bond acceptors (Lipinski definition) is 7. The van der Waals surface area contributed by atoms with Gasteiger partial charge in [0.25, 0.3) is 0 Å². The molecule has 1 aromatic heterocycles. The van der Waals surface area contributed by atoms with Gasteiger partial charge in [-0.2, -0.15) is 0 Å². The lowest BCUT2D eigenvalue weighted by molar-refractivity contribution is 0.132. The van der Waals surface area contributed by atoms with E-state index in [-0.39, 0.29) is 11.9 Å². The van der Waals surface area contributed by atoms with Crippen LogP contribution in [0.5, 0.6) is 5.75 Å². The Kier molecular flexibility index (Phi) is 7.12. The van der Waals surface area contributed by atoms with E-state index in [1.807, 2.05) is 55.6 Å². The van der Waals surface area contributed by atoms with Crippen LogP contribution in [0.2, 0.25) is 0 Å². The Morgan fingerprint density at radius 3 is 2.89 bits per heavy atom. The van der Waals surface area contributed by atoms with Gasteiger partial charge >= 0.3 is 0 Å². The number of rotatable bonds is 9. The average molecular weight is 484 g/mol. The highest BCUT2D eigenvalue weighted by atomic mass is 19.1. The molecule has 3 aromatic carbocycles. The predicted molar refractivity (Wildman–Crippen MR) is 140 cm³/mol. The molecule has 0 radical (unpaired) electrons. The average Bonchev–Trinajstić information content (AvgIpc) is 3.40. The minimum atomic E-state index is -0.273. The third-order valence-electron chi connectivity index (χ3n) is 5.87. The second kappa shape index (κ2) is 10.9. The van der Waals surface area contributed by atoms with Crippen molar-refractivity contribution in [2.75, 3.05) is 11.9 Å². The predicted octanol–water partition coefficient (Wildman–Crippen LogP) is 5.98. The van der Waals surface area contributed by atoms with Gasteiger partial charge in [0, 0.05) is 11.1 Å². The fourth-order valence-corrected chi connectivity index (χ4v) is 3.99. The van der Waals surface area contributed by atoms with Gasteiger partial charge in [-0.15, -0.1) is 0 Å². The van der Waals surface area contributed by atoms with Gasteiger partial charge in [-0.05, 0) is 85.1 Å². The number of anilines is 2. The third-order valence-corrected chi connectivity index (χ3v) is 5.87. The zero-order valence-electron chi connectivity index (χ0n) is 19.9. The Morgan fingerprint density at radius 2 is 2.06 bits per heavy atom. The quantitative estimate of drug-likeness (QED) is 0.234. The van der Waals surface area contributed by atoms with Gasteiger partial charge in [-0.3, -0.25) is 4.99 Å². The van der Waals surface area contributed by atoms with E-state index in [4.69, 9.17) is 9.57 Å². The van der Waals surface area contributed by atoms with Crippen molar-refractivity contribution < 1.29 is 14.0 Å². The maximum Gasteiger partial charge on any atom is 0.141 e. The minimum Gasteiger partial charge on any atom is -0.489 e. The van der Waals surface area contributed by atoms with E-state index in [0.29, 0.717) is 19.0 Å². The van der Waals surface area contributed by atoms with Crippen molar-refractivity contribution in [2.45, 2.75) is 32.4 Å². The summed E-state index contributed by atoms with van der Waals surface area (Å²) in [4.78, 5) is 18.6. The summed E-state index contributed by atoms with van der Waals surface area (Å²) in [6.07, 6.45) is 7.17. The largest absolute Gasteiger partial charge is 0.489 e. The van der Waals surface area contributed by atoms with Crippen molar-refractivity contribution in [3.05, 3.63) is 89.5 Å². The lowest BCUT2D eigenvalue weighted by atomic mass is 10.1. The zero-order chi connectivity index (χ0) is 24.7. The van der Waals surface area contributed by atoms with Crippen LogP contribution in [0.25, 0.3) is 10.9 Å². The summed E-state index contributed by atoms with van der Waals surface area (Å²) in [5.41, 5.74) is 4.29. The smallest absolute Gasteiger partial charge is 0.141 e. The molecular weight excluding hydrogens is 457 g/mol. The number of nitrogens with one attached hydrogen (secondary N) is 1. The second-order valence-electron chi connectivity index (χ2n) is 8.62. The number of hydrogen-bond donors (Lipinski definition) is 1. The molecule has 8 heteroatoms. The van der Waals surface area contributed by atoms with Gasteiger partial charge in [-0.1, -0.05) is 23.4 Å². The number of aliphatic imine (C=N–C) groups is 1. The van der Waals surface area contributed by atoms with Crippen molar-refractivity contribution in [1.29, 1.82) is 0 Å². The highest BCUT2D eigenvalue weighted by Gasteiger charge is 2.11. The molecule has 0 saturated carbocycles. The first-order valence-corrected chi connectivity index (χ1v) is 11.8. The molecule has 7 nitrogen and oxygen atoms in total. The van der Waals surface area contributed by atoms with Gasteiger partial charge in [-0.25, -0.2) is 14.4 Å². The van der Waals surface area contributed by atoms with Crippen LogP contribution in [-0.4, -0.2) is 35.0 Å². The van der Waals surface area contributed by atoms with Crippen LogP contribution in [0.15, 0.2) is 77.1 Å². The Bertz CT molecular complexity index is 1420. The first kappa shape index (κ1) is 23.4. The molecule has 0 amide bonds. The summed E-state index contributed by atoms with van der Waals surface area (Å²) in [6, 6.07) is 18.2. The van der Waals surface area contributed by atoms with Crippen LogP contribution in [-0.2, 0) is 11.4 Å². The van der Waals surface area contributed by atoms with E-state index >= 15 is 0 Å². The number of halogens is 1. The number of benzene rings is 3. The molecule has 0 spiro atoms. The van der Waals surface area contributed by atoms with Crippen LogP contribution in [0.4, 0.5) is 15.9 Å². The molecule has 0 saturated heterocycles. The number of aryl methyl sites for hydroxylation is 1. The summed E-state index contributed by atoms with van der Waals surface area (Å²) in [6.45, 7) is 2.75. The summed E-state index contributed by atoms with van der Waals surface area (Å²) in [5, 5.41) is 8.34. The fourth-order valence-electron chi connectivity index (χ4n) is 3.99. The van der Waals surface area contributed by atoms with Gasteiger partial charge in [0.2, 0.25) is 0 Å². The molecule has 5 rings (SSSR count). The van der Waals surface area contributed by atoms with E-state index in [9.17, 15) is 4.39 Å². The molecule has 4 aromatic rings. The van der Waals surface area contributed by atoms with Crippen molar-refractivity contribution in [1.82, 2.24) is 9.97 Å². The molecule has 1 unspecified atom stereocenters. The maximum atomic E-state index is 13.4. The van der Waals surface area contributed by atoms with Crippen molar-refractivity contribution >= 4 is 34.8 Å². The van der Waals surface area contributed by atoms with Crippen molar-refractivity contribution in [3.8, 4) is 5.75 Å². The van der Waals surface area contributed by atoms with Crippen LogP contribution in [0, 0.1) is 12.7 Å². The number of nitrogens with zero attached hydrogens (tertiary/aromatic N) is 4. The molecule has 2 heterocycles. The molecule has 0 aliphatic carbocycles. The monoisotopic (exact) mass is 483 g/mol. The molecule has 0 bridgehead atoms. The number of fused-ring (bicyclic) bond motifs is 1. The first-order chi connectivity index (χ1) is 17.6. The molecule has 1 aliphatic rings. The molecule has 182 valence electrons. The number of aromatic nitrogens is 2. The highest BCUT2D eigenvalue weighted by Crippen LogP contribution is 2.28. The van der Waals surface area contributed by atoms with Gasteiger partial charge in [0.1, 0.15) is 36.9 Å². The normalized spacial score (nSPS) is 15.0. The maximum absolute atomic E-state index is 13.4. The molecular formula is C28H26FN5O2.